The maximum Gasteiger partial charge on any atom is 0.437 e. The van der Waals surface area contributed by atoms with Crippen LogP contribution in [0.15, 0.2) is 59.8 Å². The van der Waals surface area contributed by atoms with Gasteiger partial charge in [-0.2, -0.15) is 0 Å². The van der Waals surface area contributed by atoms with E-state index in [4.69, 9.17) is 0 Å². The van der Waals surface area contributed by atoms with Crippen molar-refractivity contribution in [2.24, 2.45) is 5.16 Å². The van der Waals surface area contributed by atoms with Crippen LogP contribution >= 0.6 is 0 Å². The van der Waals surface area contributed by atoms with Crippen LogP contribution in [0.5, 0.6) is 0 Å². The Morgan fingerprint density at radius 3 is 2.39 bits per heavy atom. The van der Waals surface area contributed by atoms with Crippen molar-refractivity contribution >= 4 is 23.3 Å². The molecule has 90 valence electrons. The Morgan fingerprint density at radius 1 is 1.06 bits per heavy atom. The Labute approximate surface area is 103 Å². The molecule has 2 rings (SSSR count). The number of carbonyl (C=O) groups excluding carboxylic acids is 2. The molecule has 0 aliphatic heterocycles. The molecule has 0 fully saturated rings. The number of amides is 1. The molecule has 5 heteroatoms. The highest BCUT2D eigenvalue weighted by Gasteiger charge is 2.04. The Balaban J connectivity index is 1.89. The van der Waals surface area contributed by atoms with E-state index in [1.807, 2.05) is 6.07 Å². The van der Waals surface area contributed by atoms with E-state index in [1.54, 1.807) is 24.3 Å². The summed E-state index contributed by atoms with van der Waals surface area (Å²) in [7, 11) is 0. The Hall–Kier alpha value is -2.69. The molecule has 1 aromatic rings. The van der Waals surface area contributed by atoms with Crippen LogP contribution < -0.4 is 5.32 Å². The van der Waals surface area contributed by atoms with Gasteiger partial charge in [-0.15, -0.1) is 0 Å². The third-order valence-electron chi connectivity index (χ3n) is 2.09. The quantitative estimate of drug-likeness (QED) is 0.491. The number of carbonyl (C=O) groups is 2. The normalized spacial score (nSPS) is 13.3. The van der Waals surface area contributed by atoms with Gasteiger partial charge in [0.15, 0.2) is 5.78 Å². The van der Waals surface area contributed by atoms with Gasteiger partial charge in [-0.25, -0.2) is 4.79 Å². The topological polar surface area (TPSA) is 67.8 Å². The SMILES string of the molecule is O=C1C=CC(=NOC(=O)Nc2ccccc2)C=C1. The first-order valence-electron chi connectivity index (χ1n) is 5.25. The number of nitrogens with zero attached hydrogens (tertiary/aromatic N) is 1. The van der Waals surface area contributed by atoms with Crippen molar-refractivity contribution in [1.29, 1.82) is 0 Å². The van der Waals surface area contributed by atoms with E-state index in [-0.39, 0.29) is 5.78 Å². The van der Waals surface area contributed by atoms with Gasteiger partial charge >= 0.3 is 6.09 Å². The minimum absolute atomic E-state index is 0.123. The van der Waals surface area contributed by atoms with Crippen molar-refractivity contribution in [1.82, 2.24) is 0 Å². The van der Waals surface area contributed by atoms with Crippen molar-refractivity contribution in [3.05, 3.63) is 54.6 Å². The molecule has 1 amide bonds. The molecule has 0 saturated heterocycles. The molecule has 1 aliphatic carbocycles. The van der Waals surface area contributed by atoms with Crippen LogP contribution in [0.3, 0.4) is 0 Å². The number of rotatable bonds is 2. The molecule has 18 heavy (non-hydrogen) atoms. The summed E-state index contributed by atoms with van der Waals surface area (Å²) >= 11 is 0. The predicted octanol–water partition coefficient (Wildman–Crippen LogP) is 2.29. The van der Waals surface area contributed by atoms with Gasteiger partial charge < -0.3 is 0 Å². The van der Waals surface area contributed by atoms with Crippen LogP contribution in [0.2, 0.25) is 0 Å². The first kappa shape index (κ1) is 11.8. The summed E-state index contributed by atoms with van der Waals surface area (Å²) in [6, 6.07) is 8.88. The number of para-hydroxylation sites is 1. The Bertz CT molecular complexity index is 527. The fourth-order valence-corrected chi connectivity index (χ4v) is 1.26. The average Bonchev–Trinajstić information content (AvgIpc) is 2.39. The minimum atomic E-state index is -0.688. The second-order valence-corrected chi connectivity index (χ2v) is 3.45. The third-order valence-corrected chi connectivity index (χ3v) is 2.09. The summed E-state index contributed by atoms with van der Waals surface area (Å²) in [6.07, 6.45) is 4.94. The first-order chi connectivity index (χ1) is 8.74. The van der Waals surface area contributed by atoms with E-state index < -0.39 is 6.09 Å². The molecule has 5 nitrogen and oxygen atoms in total. The molecule has 0 heterocycles. The molecule has 0 bridgehead atoms. The molecular formula is C13H10N2O3. The van der Waals surface area contributed by atoms with Crippen LogP contribution in [-0.4, -0.2) is 17.6 Å². The highest BCUT2D eigenvalue weighted by Crippen LogP contribution is 2.05. The van der Waals surface area contributed by atoms with E-state index in [2.05, 4.69) is 15.3 Å². The van der Waals surface area contributed by atoms with Gasteiger partial charge in [0, 0.05) is 5.69 Å². The summed E-state index contributed by atoms with van der Waals surface area (Å²) in [5.41, 5.74) is 1.02. The van der Waals surface area contributed by atoms with Gasteiger partial charge in [0.1, 0.15) is 5.71 Å². The summed E-state index contributed by atoms with van der Waals surface area (Å²) < 4.78 is 0. The molecule has 0 radical (unpaired) electrons. The van der Waals surface area contributed by atoms with Crippen LogP contribution in [0.4, 0.5) is 10.5 Å². The smallest absolute Gasteiger partial charge is 0.297 e. The monoisotopic (exact) mass is 242 g/mol. The lowest BCUT2D eigenvalue weighted by Gasteiger charge is -2.02. The molecule has 1 aliphatic rings. The molecule has 0 aromatic heterocycles. The lowest BCUT2D eigenvalue weighted by atomic mass is 10.2. The average molecular weight is 242 g/mol. The first-order valence-corrected chi connectivity index (χ1v) is 5.25. The van der Waals surface area contributed by atoms with Crippen LogP contribution in [0.1, 0.15) is 0 Å². The van der Waals surface area contributed by atoms with Gasteiger partial charge in [-0.1, -0.05) is 23.4 Å². The van der Waals surface area contributed by atoms with Gasteiger partial charge in [0.05, 0.1) is 0 Å². The number of hydrogen-bond acceptors (Lipinski definition) is 4. The minimum Gasteiger partial charge on any atom is -0.297 e. The number of anilines is 1. The maximum absolute atomic E-state index is 11.4. The zero-order valence-corrected chi connectivity index (χ0v) is 9.37. The number of allylic oxidation sites excluding steroid dienone is 4. The molecule has 0 saturated carbocycles. The number of benzene rings is 1. The van der Waals surface area contributed by atoms with E-state index in [9.17, 15) is 9.59 Å². The number of ketones is 1. The lowest BCUT2D eigenvalue weighted by molar-refractivity contribution is -0.110. The van der Waals surface area contributed by atoms with Crippen molar-refractivity contribution in [2.45, 2.75) is 0 Å². The lowest BCUT2D eigenvalue weighted by Crippen LogP contribution is -2.11. The van der Waals surface area contributed by atoms with Crippen molar-refractivity contribution in [3.63, 3.8) is 0 Å². The van der Waals surface area contributed by atoms with Gasteiger partial charge in [-0.3, -0.25) is 14.9 Å². The molecule has 0 unspecified atom stereocenters. The van der Waals surface area contributed by atoms with Gasteiger partial charge in [-0.05, 0) is 36.4 Å². The van der Waals surface area contributed by atoms with E-state index in [0.29, 0.717) is 11.4 Å². The molecule has 1 N–H and O–H groups in total. The molecule has 0 atom stereocenters. The largest absolute Gasteiger partial charge is 0.437 e. The van der Waals surface area contributed by atoms with Crippen molar-refractivity contribution in [2.75, 3.05) is 5.32 Å². The second kappa shape index (κ2) is 5.58. The van der Waals surface area contributed by atoms with Gasteiger partial charge in [0.25, 0.3) is 0 Å². The van der Waals surface area contributed by atoms with Crippen LogP contribution in [0.25, 0.3) is 0 Å². The van der Waals surface area contributed by atoms with E-state index in [1.165, 1.54) is 24.3 Å². The fraction of sp³-hybridized carbons (Fsp3) is 0. The van der Waals surface area contributed by atoms with Crippen molar-refractivity contribution < 1.29 is 14.4 Å². The Kier molecular flexibility index (Phi) is 3.66. The maximum atomic E-state index is 11.4. The fourth-order valence-electron chi connectivity index (χ4n) is 1.26. The molecular weight excluding hydrogens is 232 g/mol. The summed E-state index contributed by atoms with van der Waals surface area (Å²) in [6.45, 7) is 0. The zero-order chi connectivity index (χ0) is 12.8. The number of oxime groups is 1. The number of hydrogen-bond donors (Lipinski definition) is 1. The van der Waals surface area contributed by atoms with E-state index in [0.717, 1.165) is 0 Å². The summed E-state index contributed by atoms with van der Waals surface area (Å²) in [5.74, 6) is -0.123. The summed E-state index contributed by atoms with van der Waals surface area (Å²) in [5, 5.41) is 6.10. The van der Waals surface area contributed by atoms with Crippen LogP contribution in [-0.2, 0) is 9.63 Å². The Morgan fingerprint density at radius 2 is 1.72 bits per heavy atom. The molecule has 1 aromatic carbocycles. The van der Waals surface area contributed by atoms with Crippen LogP contribution in [0, 0.1) is 0 Å². The zero-order valence-electron chi connectivity index (χ0n) is 9.37. The summed E-state index contributed by atoms with van der Waals surface area (Å²) in [4.78, 5) is 26.8. The van der Waals surface area contributed by atoms with Crippen molar-refractivity contribution in [3.8, 4) is 0 Å². The standard InChI is InChI=1S/C13H10N2O3/c16-12-8-6-11(7-9-12)15-18-13(17)14-10-4-2-1-3-5-10/h1-9H,(H,14,17). The van der Waals surface area contributed by atoms with E-state index >= 15 is 0 Å². The highest BCUT2D eigenvalue weighted by atomic mass is 16.7. The van der Waals surface area contributed by atoms with Gasteiger partial charge in [0.2, 0.25) is 0 Å². The highest BCUT2D eigenvalue weighted by molar-refractivity contribution is 6.16. The number of nitrogens with one attached hydrogen (secondary N) is 1. The second-order valence-electron chi connectivity index (χ2n) is 3.45. The predicted molar refractivity (Wildman–Crippen MR) is 67.3 cm³/mol. The third kappa shape index (κ3) is 3.41. The molecule has 0 spiro atoms.